The number of rotatable bonds is 7. The Morgan fingerprint density at radius 3 is 2.57 bits per heavy atom. The first-order valence-corrected chi connectivity index (χ1v) is 5.21. The number of likely N-dealkylation sites (N-methyl/N-ethyl adjacent to an activating group) is 1. The van der Waals surface area contributed by atoms with Crippen LogP contribution in [0.4, 0.5) is 0 Å². The Bertz CT molecular complexity index is 160. The molecule has 0 aliphatic carbocycles. The minimum Gasteiger partial charge on any atom is -0.391 e. The van der Waals surface area contributed by atoms with Crippen LogP contribution in [-0.4, -0.2) is 36.8 Å². The normalized spacial score (nSPS) is 12.9. The molecule has 14 heavy (non-hydrogen) atoms. The molecule has 0 saturated heterocycles. The Morgan fingerprint density at radius 2 is 2.07 bits per heavy atom. The fourth-order valence-corrected chi connectivity index (χ4v) is 1.16. The van der Waals surface area contributed by atoms with E-state index in [1.165, 1.54) is 0 Å². The van der Waals surface area contributed by atoms with Gasteiger partial charge in [-0.15, -0.1) is 0 Å². The van der Waals surface area contributed by atoms with Crippen molar-refractivity contribution in [2.75, 3.05) is 19.6 Å². The SMILES string of the molecule is CCNCC(=O)NCC(O)CC(C)C. The van der Waals surface area contributed by atoms with Crippen molar-refractivity contribution in [1.82, 2.24) is 10.6 Å². The van der Waals surface area contributed by atoms with Crippen LogP contribution in [0, 0.1) is 5.92 Å². The average Bonchev–Trinajstić information content (AvgIpc) is 2.10. The molecule has 1 atom stereocenters. The van der Waals surface area contributed by atoms with Crippen LogP contribution in [0.25, 0.3) is 0 Å². The second kappa shape index (κ2) is 7.76. The third-order valence-electron chi connectivity index (χ3n) is 1.81. The highest BCUT2D eigenvalue weighted by molar-refractivity contribution is 5.77. The summed E-state index contributed by atoms with van der Waals surface area (Å²) in [7, 11) is 0. The molecule has 0 bridgehead atoms. The van der Waals surface area contributed by atoms with Crippen molar-refractivity contribution in [2.24, 2.45) is 5.92 Å². The molecular formula is C10H22N2O2. The summed E-state index contributed by atoms with van der Waals surface area (Å²) < 4.78 is 0. The van der Waals surface area contributed by atoms with Crippen molar-refractivity contribution >= 4 is 5.91 Å². The molecule has 0 aromatic heterocycles. The average molecular weight is 202 g/mol. The lowest BCUT2D eigenvalue weighted by Gasteiger charge is -2.13. The van der Waals surface area contributed by atoms with E-state index in [0.717, 1.165) is 13.0 Å². The first kappa shape index (κ1) is 13.4. The molecule has 0 aromatic rings. The van der Waals surface area contributed by atoms with E-state index in [2.05, 4.69) is 10.6 Å². The molecule has 0 spiro atoms. The van der Waals surface area contributed by atoms with Crippen molar-refractivity contribution in [3.63, 3.8) is 0 Å². The highest BCUT2D eigenvalue weighted by Gasteiger charge is 2.08. The van der Waals surface area contributed by atoms with Gasteiger partial charge in [-0.2, -0.15) is 0 Å². The van der Waals surface area contributed by atoms with E-state index in [1.807, 2.05) is 20.8 Å². The van der Waals surface area contributed by atoms with Crippen LogP contribution in [-0.2, 0) is 4.79 Å². The summed E-state index contributed by atoms with van der Waals surface area (Å²) in [6.07, 6.45) is 0.294. The standard InChI is InChI=1S/C10H22N2O2/c1-4-11-7-10(14)12-6-9(13)5-8(2)3/h8-9,11,13H,4-7H2,1-3H3,(H,12,14). The summed E-state index contributed by atoms with van der Waals surface area (Å²) in [5.41, 5.74) is 0. The van der Waals surface area contributed by atoms with E-state index in [1.54, 1.807) is 0 Å². The van der Waals surface area contributed by atoms with Crippen LogP contribution in [0.15, 0.2) is 0 Å². The largest absolute Gasteiger partial charge is 0.391 e. The fourth-order valence-electron chi connectivity index (χ4n) is 1.16. The van der Waals surface area contributed by atoms with Crippen molar-refractivity contribution in [1.29, 1.82) is 0 Å². The quantitative estimate of drug-likeness (QED) is 0.549. The summed E-state index contributed by atoms with van der Waals surface area (Å²) in [5.74, 6) is 0.394. The second-order valence-corrected chi connectivity index (χ2v) is 3.87. The van der Waals surface area contributed by atoms with Crippen LogP contribution in [0.1, 0.15) is 27.2 Å². The zero-order chi connectivity index (χ0) is 11.0. The van der Waals surface area contributed by atoms with Gasteiger partial charge in [0.15, 0.2) is 0 Å². The first-order valence-electron chi connectivity index (χ1n) is 5.21. The predicted molar refractivity (Wildman–Crippen MR) is 57.0 cm³/mol. The number of carbonyl (C=O) groups excluding carboxylic acids is 1. The van der Waals surface area contributed by atoms with Gasteiger partial charge in [-0.25, -0.2) is 0 Å². The van der Waals surface area contributed by atoms with Crippen LogP contribution < -0.4 is 10.6 Å². The molecule has 0 aromatic carbocycles. The molecule has 0 heterocycles. The Morgan fingerprint density at radius 1 is 1.43 bits per heavy atom. The summed E-state index contributed by atoms with van der Waals surface area (Å²) in [6, 6.07) is 0. The van der Waals surface area contributed by atoms with Gasteiger partial charge in [0.1, 0.15) is 0 Å². The van der Waals surface area contributed by atoms with Gasteiger partial charge in [-0.3, -0.25) is 4.79 Å². The van der Waals surface area contributed by atoms with Crippen molar-refractivity contribution in [2.45, 2.75) is 33.3 Å². The van der Waals surface area contributed by atoms with Crippen molar-refractivity contribution in [3.8, 4) is 0 Å². The molecule has 4 heteroatoms. The lowest BCUT2D eigenvalue weighted by Crippen LogP contribution is -2.38. The van der Waals surface area contributed by atoms with E-state index in [4.69, 9.17) is 0 Å². The molecule has 0 fully saturated rings. The molecule has 3 N–H and O–H groups in total. The first-order chi connectivity index (χ1) is 6.56. The van der Waals surface area contributed by atoms with E-state index in [9.17, 15) is 9.90 Å². The molecule has 0 aliphatic heterocycles. The lowest BCUT2D eigenvalue weighted by molar-refractivity contribution is -0.120. The maximum atomic E-state index is 11.1. The molecule has 0 aliphatic rings. The van der Waals surface area contributed by atoms with Gasteiger partial charge in [-0.1, -0.05) is 20.8 Å². The highest BCUT2D eigenvalue weighted by atomic mass is 16.3. The molecule has 1 amide bonds. The number of carbonyl (C=O) groups is 1. The molecule has 1 unspecified atom stereocenters. The number of nitrogens with one attached hydrogen (secondary N) is 2. The zero-order valence-corrected chi connectivity index (χ0v) is 9.34. The number of amides is 1. The number of hydrogen-bond acceptors (Lipinski definition) is 3. The van der Waals surface area contributed by atoms with E-state index < -0.39 is 6.10 Å². The number of hydrogen-bond donors (Lipinski definition) is 3. The van der Waals surface area contributed by atoms with Gasteiger partial charge < -0.3 is 15.7 Å². The summed E-state index contributed by atoms with van der Waals surface area (Å²) in [6.45, 7) is 7.49. The summed E-state index contributed by atoms with van der Waals surface area (Å²) >= 11 is 0. The van der Waals surface area contributed by atoms with E-state index >= 15 is 0 Å². The van der Waals surface area contributed by atoms with Gasteiger partial charge in [0.25, 0.3) is 0 Å². The predicted octanol–water partition coefficient (Wildman–Crippen LogP) is 0.119. The fraction of sp³-hybridized carbons (Fsp3) is 0.900. The van der Waals surface area contributed by atoms with Crippen LogP contribution in [0.2, 0.25) is 0 Å². The van der Waals surface area contributed by atoms with Gasteiger partial charge in [0, 0.05) is 6.54 Å². The van der Waals surface area contributed by atoms with Crippen LogP contribution >= 0.6 is 0 Å². The van der Waals surface area contributed by atoms with Gasteiger partial charge in [0.2, 0.25) is 5.91 Å². The molecule has 0 saturated carbocycles. The molecule has 0 rings (SSSR count). The Balaban J connectivity index is 3.45. The van der Waals surface area contributed by atoms with Crippen LogP contribution in [0.3, 0.4) is 0 Å². The maximum absolute atomic E-state index is 11.1. The van der Waals surface area contributed by atoms with Gasteiger partial charge in [-0.05, 0) is 18.9 Å². The van der Waals surface area contributed by atoms with Crippen molar-refractivity contribution in [3.05, 3.63) is 0 Å². The minimum atomic E-state index is -0.430. The van der Waals surface area contributed by atoms with E-state index in [-0.39, 0.29) is 5.91 Å². The molecule has 84 valence electrons. The van der Waals surface area contributed by atoms with Gasteiger partial charge in [0.05, 0.1) is 12.6 Å². The molecular weight excluding hydrogens is 180 g/mol. The van der Waals surface area contributed by atoms with Gasteiger partial charge >= 0.3 is 0 Å². The Labute approximate surface area is 86.1 Å². The second-order valence-electron chi connectivity index (χ2n) is 3.87. The summed E-state index contributed by atoms with van der Waals surface area (Å²) in [5, 5.41) is 15.0. The number of aliphatic hydroxyl groups excluding tert-OH is 1. The highest BCUT2D eigenvalue weighted by Crippen LogP contribution is 2.02. The van der Waals surface area contributed by atoms with Crippen LogP contribution in [0.5, 0.6) is 0 Å². The smallest absolute Gasteiger partial charge is 0.234 e. The van der Waals surface area contributed by atoms with Crippen molar-refractivity contribution < 1.29 is 9.90 Å². The summed E-state index contributed by atoms with van der Waals surface area (Å²) in [4.78, 5) is 11.1. The molecule has 4 nitrogen and oxygen atoms in total. The lowest BCUT2D eigenvalue weighted by atomic mass is 10.1. The Hall–Kier alpha value is -0.610. The zero-order valence-electron chi connectivity index (χ0n) is 9.34. The topological polar surface area (TPSA) is 61.4 Å². The van der Waals surface area contributed by atoms with E-state index in [0.29, 0.717) is 19.0 Å². The monoisotopic (exact) mass is 202 g/mol. The Kier molecular flexibility index (Phi) is 7.42. The molecule has 0 radical (unpaired) electrons. The number of aliphatic hydroxyl groups is 1. The minimum absolute atomic E-state index is 0.0605. The third-order valence-corrected chi connectivity index (χ3v) is 1.81. The maximum Gasteiger partial charge on any atom is 0.234 e. The third kappa shape index (κ3) is 8.01.